The van der Waals surface area contributed by atoms with Crippen LogP contribution >= 0.6 is 15.9 Å². The lowest BCUT2D eigenvalue weighted by molar-refractivity contribution is 0.0984. The van der Waals surface area contributed by atoms with Crippen LogP contribution in [0.15, 0.2) is 46.9 Å². The second kappa shape index (κ2) is 6.05. The zero-order chi connectivity index (χ0) is 14.7. The Labute approximate surface area is 125 Å². The van der Waals surface area contributed by atoms with Crippen LogP contribution in [0.3, 0.4) is 0 Å². The van der Waals surface area contributed by atoms with Crippen molar-refractivity contribution in [2.24, 2.45) is 0 Å². The molecule has 0 bridgehead atoms. The highest BCUT2D eigenvalue weighted by Crippen LogP contribution is 2.22. The molecule has 0 aliphatic carbocycles. The fraction of sp³-hybridized carbons (Fsp3) is 0.133. The van der Waals surface area contributed by atoms with E-state index in [1.807, 2.05) is 6.92 Å². The SMILES string of the molecule is CCN(C(=O)c1cc(Br)ccc1F)c1cccc(N)c1. The third-order valence-electron chi connectivity index (χ3n) is 2.90. The van der Waals surface area contributed by atoms with E-state index in [0.29, 0.717) is 22.4 Å². The van der Waals surface area contributed by atoms with Gasteiger partial charge in [0.1, 0.15) is 5.82 Å². The minimum Gasteiger partial charge on any atom is -0.399 e. The van der Waals surface area contributed by atoms with Crippen molar-refractivity contribution in [3.63, 3.8) is 0 Å². The summed E-state index contributed by atoms with van der Waals surface area (Å²) in [6, 6.07) is 11.3. The van der Waals surface area contributed by atoms with Crippen LogP contribution < -0.4 is 10.6 Å². The summed E-state index contributed by atoms with van der Waals surface area (Å²) in [7, 11) is 0. The minimum absolute atomic E-state index is 0.0312. The highest BCUT2D eigenvalue weighted by Gasteiger charge is 2.20. The molecule has 2 rings (SSSR count). The minimum atomic E-state index is -0.541. The molecule has 0 aliphatic rings. The number of hydrogen-bond donors (Lipinski definition) is 1. The van der Waals surface area contributed by atoms with Crippen LogP contribution in [0.2, 0.25) is 0 Å². The Kier molecular flexibility index (Phi) is 4.39. The number of rotatable bonds is 3. The third kappa shape index (κ3) is 2.99. The van der Waals surface area contributed by atoms with Crippen LogP contribution in [0.1, 0.15) is 17.3 Å². The topological polar surface area (TPSA) is 46.3 Å². The van der Waals surface area contributed by atoms with Gasteiger partial charge in [-0.05, 0) is 43.3 Å². The highest BCUT2D eigenvalue weighted by atomic mass is 79.9. The number of amides is 1. The molecule has 0 aliphatic heterocycles. The molecule has 2 N–H and O–H groups in total. The average Bonchev–Trinajstić information content (AvgIpc) is 2.42. The normalized spacial score (nSPS) is 10.3. The van der Waals surface area contributed by atoms with Crippen molar-refractivity contribution in [1.82, 2.24) is 0 Å². The van der Waals surface area contributed by atoms with Crippen molar-refractivity contribution in [1.29, 1.82) is 0 Å². The predicted molar refractivity (Wildman–Crippen MR) is 82.3 cm³/mol. The summed E-state index contributed by atoms with van der Waals surface area (Å²) in [5, 5.41) is 0. The first-order valence-corrected chi connectivity index (χ1v) is 6.94. The summed E-state index contributed by atoms with van der Waals surface area (Å²) in [5.74, 6) is -0.933. The van der Waals surface area contributed by atoms with E-state index >= 15 is 0 Å². The van der Waals surface area contributed by atoms with Gasteiger partial charge in [-0.1, -0.05) is 22.0 Å². The first-order valence-electron chi connectivity index (χ1n) is 6.15. The van der Waals surface area contributed by atoms with Crippen molar-refractivity contribution in [2.45, 2.75) is 6.92 Å². The van der Waals surface area contributed by atoms with Crippen LogP contribution in [-0.2, 0) is 0 Å². The Morgan fingerprint density at radius 1 is 1.30 bits per heavy atom. The van der Waals surface area contributed by atoms with Crippen molar-refractivity contribution in [3.8, 4) is 0 Å². The number of anilines is 2. The van der Waals surface area contributed by atoms with Gasteiger partial charge in [-0.2, -0.15) is 0 Å². The van der Waals surface area contributed by atoms with Gasteiger partial charge >= 0.3 is 0 Å². The summed E-state index contributed by atoms with van der Waals surface area (Å²) in [6.07, 6.45) is 0. The lowest BCUT2D eigenvalue weighted by Crippen LogP contribution is -2.31. The molecule has 1 amide bonds. The molecular formula is C15H14BrFN2O. The molecule has 0 saturated carbocycles. The maximum Gasteiger partial charge on any atom is 0.261 e. The Balaban J connectivity index is 2.41. The number of halogens is 2. The molecule has 5 heteroatoms. The van der Waals surface area contributed by atoms with Gasteiger partial charge < -0.3 is 10.6 Å². The van der Waals surface area contributed by atoms with E-state index in [9.17, 15) is 9.18 Å². The molecule has 0 atom stereocenters. The first kappa shape index (κ1) is 14.5. The third-order valence-corrected chi connectivity index (χ3v) is 3.40. The maximum atomic E-state index is 13.8. The smallest absolute Gasteiger partial charge is 0.261 e. The Bertz CT molecular complexity index is 646. The average molecular weight is 337 g/mol. The van der Waals surface area contributed by atoms with E-state index < -0.39 is 11.7 Å². The van der Waals surface area contributed by atoms with Gasteiger partial charge in [0, 0.05) is 22.4 Å². The molecule has 104 valence electrons. The zero-order valence-electron chi connectivity index (χ0n) is 10.9. The standard InChI is InChI=1S/C15H14BrFN2O/c1-2-19(12-5-3-4-11(18)9-12)15(20)13-8-10(16)6-7-14(13)17/h3-9H,2,18H2,1H3. The van der Waals surface area contributed by atoms with E-state index in [0.717, 1.165) is 0 Å². The van der Waals surface area contributed by atoms with E-state index in [2.05, 4.69) is 15.9 Å². The Morgan fingerprint density at radius 2 is 2.05 bits per heavy atom. The molecule has 0 heterocycles. The first-order chi connectivity index (χ1) is 9.52. The number of carbonyl (C=O) groups is 1. The van der Waals surface area contributed by atoms with Crippen LogP contribution in [0, 0.1) is 5.82 Å². The predicted octanol–water partition coefficient (Wildman–Crippen LogP) is 3.84. The van der Waals surface area contributed by atoms with Crippen LogP contribution in [-0.4, -0.2) is 12.5 Å². The second-order valence-electron chi connectivity index (χ2n) is 4.27. The molecule has 3 nitrogen and oxygen atoms in total. The zero-order valence-corrected chi connectivity index (χ0v) is 12.5. The van der Waals surface area contributed by atoms with E-state index in [1.54, 1.807) is 30.3 Å². The molecule has 0 saturated heterocycles. The number of nitrogens with two attached hydrogens (primary N) is 1. The Morgan fingerprint density at radius 3 is 2.70 bits per heavy atom. The lowest BCUT2D eigenvalue weighted by atomic mass is 10.1. The summed E-state index contributed by atoms with van der Waals surface area (Å²) in [5.41, 5.74) is 6.96. The van der Waals surface area contributed by atoms with E-state index in [1.165, 1.54) is 17.0 Å². The van der Waals surface area contributed by atoms with Gasteiger partial charge in [0.25, 0.3) is 5.91 Å². The quantitative estimate of drug-likeness (QED) is 0.865. The van der Waals surface area contributed by atoms with Gasteiger partial charge in [0.05, 0.1) is 5.56 Å². The Hall–Kier alpha value is -1.88. The summed E-state index contributed by atoms with van der Waals surface area (Å²) >= 11 is 3.25. The van der Waals surface area contributed by atoms with Gasteiger partial charge in [0.2, 0.25) is 0 Å². The van der Waals surface area contributed by atoms with Crippen molar-refractivity contribution < 1.29 is 9.18 Å². The molecule has 0 aromatic heterocycles. The molecule has 0 fully saturated rings. The molecular weight excluding hydrogens is 323 g/mol. The molecule has 0 spiro atoms. The summed E-state index contributed by atoms with van der Waals surface area (Å²) < 4.78 is 14.5. The second-order valence-corrected chi connectivity index (χ2v) is 5.18. The summed E-state index contributed by atoms with van der Waals surface area (Å²) in [6.45, 7) is 2.26. The number of carbonyl (C=O) groups excluding carboxylic acids is 1. The van der Waals surface area contributed by atoms with E-state index in [-0.39, 0.29) is 5.56 Å². The lowest BCUT2D eigenvalue weighted by Gasteiger charge is -2.21. The number of nitrogens with zero attached hydrogens (tertiary/aromatic N) is 1. The highest BCUT2D eigenvalue weighted by molar-refractivity contribution is 9.10. The van der Waals surface area contributed by atoms with Gasteiger partial charge in [-0.3, -0.25) is 4.79 Å². The van der Waals surface area contributed by atoms with Gasteiger partial charge in [-0.15, -0.1) is 0 Å². The maximum absolute atomic E-state index is 13.8. The van der Waals surface area contributed by atoms with E-state index in [4.69, 9.17) is 5.73 Å². The number of nitrogen functional groups attached to an aromatic ring is 1. The fourth-order valence-electron chi connectivity index (χ4n) is 1.94. The summed E-state index contributed by atoms with van der Waals surface area (Å²) in [4.78, 5) is 14.0. The molecule has 2 aromatic carbocycles. The van der Waals surface area contributed by atoms with Crippen molar-refractivity contribution >= 4 is 33.2 Å². The largest absolute Gasteiger partial charge is 0.399 e. The van der Waals surface area contributed by atoms with Crippen LogP contribution in [0.25, 0.3) is 0 Å². The van der Waals surface area contributed by atoms with Gasteiger partial charge in [0.15, 0.2) is 0 Å². The van der Waals surface area contributed by atoms with Crippen molar-refractivity contribution in [2.75, 3.05) is 17.2 Å². The molecule has 0 unspecified atom stereocenters. The number of hydrogen-bond acceptors (Lipinski definition) is 2. The fourth-order valence-corrected chi connectivity index (χ4v) is 2.30. The van der Waals surface area contributed by atoms with Crippen molar-refractivity contribution in [3.05, 3.63) is 58.3 Å². The molecule has 2 aromatic rings. The molecule has 0 radical (unpaired) electrons. The van der Waals surface area contributed by atoms with Crippen LogP contribution in [0.4, 0.5) is 15.8 Å². The number of benzene rings is 2. The van der Waals surface area contributed by atoms with Crippen LogP contribution in [0.5, 0.6) is 0 Å². The van der Waals surface area contributed by atoms with Gasteiger partial charge in [-0.25, -0.2) is 4.39 Å². The monoisotopic (exact) mass is 336 g/mol. The molecule has 20 heavy (non-hydrogen) atoms.